The van der Waals surface area contributed by atoms with E-state index in [4.69, 9.17) is 0 Å². The Labute approximate surface area is 173 Å². The molecule has 0 aromatic heterocycles. The van der Waals surface area contributed by atoms with Gasteiger partial charge in [0, 0.05) is 25.8 Å². The number of aliphatic hydroxyl groups is 2. The lowest BCUT2D eigenvalue weighted by atomic mass is 9.85. The van der Waals surface area contributed by atoms with Crippen LogP contribution in [-0.2, 0) is 9.59 Å². The number of ketones is 1. The highest BCUT2D eigenvalue weighted by molar-refractivity contribution is 5.85. The van der Waals surface area contributed by atoms with E-state index in [0.29, 0.717) is 32.2 Å². The number of alkyl halides is 2. The van der Waals surface area contributed by atoms with Crippen molar-refractivity contribution in [2.75, 3.05) is 6.54 Å². The highest BCUT2D eigenvalue weighted by atomic mass is 19.3. The molecule has 168 valence electrons. The SMILES string of the molecule is CCCCC(F)(F)C(=O)CC[C@@H]1[C@@H](C/C=C\CCCC(=O)NCC)[C@@H](O)C[C@H]1O. The number of unbranched alkanes of at least 4 members (excludes halogenated alkanes) is 2. The summed E-state index contributed by atoms with van der Waals surface area (Å²) in [5.41, 5.74) is 0. The maximum Gasteiger partial charge on any atom is 0.305 e. The largest absolute Gasteiger partial charge is 0.393 e. The molecule has 0 aromatic carbocycles. The van der Waals surface area contributed by atoms with E-state index in [1.54, 1.807) is 6.92 Å². The molecular weight excluding hydrogens is 380 g/mol. The summed E-state index contributed by atoms with van der Waals surface area (Å²) in [5.74, 6) is -4.97. The van der Waals surface area contributed by atoms with Gasteiger partial charge in [-0.3, -0.25) is 9.59 Å². The van der Waals surface area contributed by atoms with Gasteiger partial charge in [0.1, 0.15) is 0 Å². The number of hydrogen-bond acceptors (Lipinski definition) is 4. The summed E-state index contributed by atoms with van der Waals surface area (Å²) in [6, 6.07) is 0. The molecule has 0 radical (unpaired) electrons. The van der Waals surface area contributed by atoms with Crippen molar-refractivity contribution in [1.29, 1.82) is 0 Å². The summed E-state index contributed by atoms with van der Waals surface area (Å²) >= 11 is 0. The standard InChI is InChI=1S/C22H37F2NO4/c1-3-5-14-22(23,24)20(28)13-12-17-16(18(26)15-19(17)27)10-8-6-7-9-11-21(29)25-4-2/h6,8,16-19,26-27H,3-5,7,9-15H2,1-2H3,(H,25,29)/b8-6-/t16-,17-,18+,19-/m1/s1. The molecule has 0 bridgehead atoms. The van der Waals surface area contributed by atoms with Crippen molar-refractivity contribution < 1.29 is 28.6 Å². The lowest BCUT2D eigenvalue weighted by molar-refractivity contribution is -0.144. The van der Waals surface area contributed by atoms with E-state index >= 15 is 0 Å². The number of rotatable bonds is 14. The minimum absolute atomic E-state index is 0.0238. The van der Waals surface area contributed by atoms with Gasteiger partial charge in [-0.15, -0.1) is 0 Å². The van der Waals surface area contributed by atoms with Crippen LogP contribution in [0.5, 0.6) is 0 Å². The number of carbonyl (C=O) groups is 2. The van der Waals surface area contributed by atoms with Crippen molar-refractivity contribution >= 4 is 11.7 Å². The Morgan fingerprint density at radius 1 is 1.07 bits per heavy atom. The number of nitrogens with one attached hydrogen (secondary N) is 1. The average Bonchev–Trinajstić information content (AvgIpc) is 2.93. The van der Waals surface area contributed by atoms with Crippen LogP contribution in [0.1, 0.15) is 78.1 Å². The van der Waals surface area contributed by atoms with Crippen molar-refractivity contribution in [3.63, 3.8) is 0 Å². The number of amides is 1. The topological polar surface area (TPSA) is 86.6 Å². The van der Waals surface area contributed by atoms with Crippen molar-refractivity contribution in [2.24, 2.45) is 11.8 Å². The molecule has 0 heterocycles. The molecule has 3 N–H and O–H groups in total. The first-order valence-electron chi connectivity index (χ1n) is 10.9. The van der Waals surface area contributed by atoms with Gasteiger partial charge in [-0.25, -0.2) is 0 Å². The van der Waals surface area contributed by atoms with Crippen molar-refractivity contribution in [3.8, 4) is 0 Å². The van der Waals surface area contributed by atoms with E-state index in [1.807, 2.05) is 19.1 Å². The van der Waals surface area contributed by atoms with Gasteiger partial charge in [0.25, 0.3) is 0 Å². The summed E-state index contributed by atoms with van der Waals surface area (Å²) in [7, 11) is 0. The van der Waals surface area contributed by atoms with Gasteiger partial charge in [0.15, 0.2) is 0 Å². The zero-order valence-electron chi connectivity index (χ0n) is 17.7. The third-order valence-corrected chi connectivity index (χ3v) is 5.70. The smallest absolute Gasteiger partial charge is 0.305 e. The summed E-state index contributed by atoms with van der Waals surface area (Å²) in [6.45, 7) is 4.29. The first-order chi connectivity index (χ1) is 13.7. The summed E-state index contributed by atoms with van der Waals surface area (Å²) in [4.78, 5) is 23.3. The Bertz CT molecular complexity index is 539. The number of aliphatic hydroxyl groups excluding tert-OH is 2. The highest BCUT2D eigenvalue weighted by Crippen LogP contribution is 2.39. The third-order valence-electron chi connectivity index (χ3n) is 5.70. The number of allylic oxidation sites excluding steroid dienone is 2. The van der Waals surface area contributed by atoms with Gasteiger partial charge in [-0.05, 0) is 57.3 Å². The molecule has 1 amide bonds. The van der Waals surface area contributed by atoms with Gasteiger partial charge in [0.2, 0.25) is 11.7 Å². The van der Waals surface area contributed by atoms with Gasteiger partial charge < -0.3 is 15.5 Å². The molecule has 0 aliphatic heterocycles. The Balaban J connectivity index is 2.47. The van der Waals surface area contributed by atoms with Gasteiger partial charge >= 0.3 is 5.92 Å². The van der Waals surface area contributed by atoms with Gasteiger partial charge in [0.05, 0.1) is 12.2 Å². The molecule has 0 unspecified atom stereocenters. The molecule has 1 fully saturated rings. The second kappa shape index (κ2) is 13.1. The quantitative estimate of drug-likeness (QED) is 0.297. The molecular formula is C22H37F2NO4. The third kappa shape index (κ3) is 8.91. The monoisotopic (exact) mass is 417 g/mol. The van der Waals surface area contributed by atoms with Crippen molar-refractivity contribution in [3.05, 3.63) is 12.2 Å². The Kier molecular flexibility index (Phi) is 11.6. The molecule has 1 aliphatic carbocycles. The second-order valence-corrected chi connectivity index (χ2v) is 8.02. The summed E-state index contributed by atoms with van der Waals surface area (Å²) < 4.78 is 27.7. The van der Waals surface area contributed by atoms with Crippen LogP contribution in [0.15, 0.2) is 12.2 Å². The predicted molar refractivity (Wildman–Crippen MR) is 109 cm³/mol. The van der Waals surface area contributed by atoms with E-state index in [1.165, 1.54) is 0 Å². The number of Topliss-reactive ketones (excluding diaryl/α,β-unsaturated/α-hetero) is 1. The van der Waals surface area contributed by atoms with Gasteiger partial charge in [-0.2, -0.15) is 8.78 Å². The van der Waals surface area contributed by atoms with Crippen LogP contribution in [-0.4, -0.2) is 46.6 Å². The molecule has 0 saturated heterocycles. The molecule has 0 aromatic rings. The van der Waals surface area contributed by atoms with Crippen molar-refractivity contribution in [2.45, 2.75) is 96.2 Å². The molecule has 1 rings (SSSR count). The molecule has 5 nitrogen and oxygen atoms in total. The Morgan fingerprint density at radius 2 is 1.76 bits per heavy atom. The lowest BCUT2D eigenvalue weighted by Crippen LogP contribution is -2.30. The number of hydrogen-bond donors (Lipinski definition) is 3. The molecule has 29 heavy (non-hydrogen) atoms. The molecule has 4 atom stereocenters. The summed E-state index contributed by atoms with van der Waals surface area (Å²) in [6.07, 6.45) is 5.37. The van der Waals surface area contributed by atoms with E-state index < -0.39 is 30.3 Å². The highest BCUT2D eigenvalue weighted by Gasteiger charge is 2.43. The van der Waals surface area contributed by atoms with Crippen LogP contribution in [0, 0.1) is 11.8 Å². The van der Waals surface area contributed by atoms with Crippen LogP contribution in [0.2, 0.25) is 0 Å². The van der Waals surface area contributed by atoms with E-state index in [0.717, 1.165) is 12.8 Å². The minimum Gasteiger partial charge on any atom is -0.393 e. The maximum atomic E-state index is 13.9. The first-order valence-corrected chi connectivity index (χ1v) is 10.9. The van der Waals surface area contributed by atoms with E-state index in [-0.39, 0.29) is 37.0 Å². The zero-order valence-corrected chi connectivity index (χ0v) is 17.7. The zero-order chi connectivity index (χ0) is 21.9. The van der Waals surface area contributed by atoms with Crippen LogP contribution >= 0.6 is 0 Å². The van der Waals surface area contributed by atoms with Crippen molar-refractivity contribution in [1.82, 2.24) is 5.32 Å². The van der Waals surface area contributed by atoms with Gasteiger partial charge in [-0.1, -0.05) is 25.5 Å². The van der Waals surface area contributed by atoms with Crippen LogP contribution in [0.25, 0.3) is 0 Å². The fourth-order valence-corrected chi connectivity index (χ4v) is 3.96. The Morgan fingerprint density at radius 3 is 2.41 bits per heavy atom. The number of carbonyl (C=O) groups excluding carboxylic acids is 2. The molecule has 7 heteroatoms. The van der Waals surface area contributed by atoms with Crippen LogP contribution in [0.4, 0.5) is 8.78 Å². The van der Waals surface area contributed by atoms with E-state index in [2.05, 4.69) is 5.32 Å². The van der Waals surface area contributed by atoms with Crippen LogP contribution in [0.3, 0.4) is 0 Å². The van der Waals surface area contributed by atoms with E-state index in [9.17, 15) is 28.6 Å². The first kappa shape index (κ1) is 25.7. The van der Waals surface area contributed by atoms with Crippen LogP contribution < -0.4 is 5.32 Å². The molecule has 0 spiro atoms. The summed E-state index contributed by atoms with van der Waals surface area (Å²) in [5, 5.41) is 23.2. The normalized spacial score (nSPS) is 24.9. The fraction of sp³-hybridized carbons (Fsp3) is 0.818. The second-order valence-electron chi connectivity index (χ2n) is 8.02. The average molecular weight is 418 g/mol. The predicted octanol–water partition coefficient (Wildman–Crippen LogP) is 3.77. The number of halogens is 2. The Hall–Kier alpha value is -1.34. The molecule has 1 saturated carbocycles. The minimum atomic E-state index is -3.31. The maximum absolute atomic E-state index is 13.9. The fourth-order valence-electron chi connectivity index (χ4n) is 3.96. The molecule has 1 aliphatic rings. The lowest BCUT2D eigenvalue weighted by Gasteiger charge is -2.23.